The number of aryl methyl sites for hydroxylation is 1. The minimum absolute atomic E-state index is 0.122. The topological polar surface area (TPSA) is 33.9 Å². The predicted molar refractivity (Wildman–Crippen MR) is 74.3 cm³/mol. The summed E-state index contributed by atoms with van der Waals surface area (Å²) in [6, 6.07) is 5.84. The molecule has 0 spiro atoms. The number of furan rings is 1. The molecule has 104 valence electrons. The Morgan fingerprint density at radius 2 is 2.00 bits per heavy atom. The van der Waals surface area contributed by atoms with Gasteiger partial charge < -0.3 is 14.0 Å². The minimum atomic E-state index is -0.912. The second kappa shape index (κ2) is 4.56. The largest absolute Gasteiger partial charge is 0.464 e. The molecule has 3 nitrogen and oxygen atoms in total. The lowest BCUT2D eigenvalue weighted by atomic mass is 10.2. The monoisotopic (exact) mass is 294 g/mol. The molecule has 0 bridgehead atoms. The molecule has 6 heteroatoms. The van der Waals surface area contributed by atoms with Crippen LogP contribution in [-0.4, -0.2) is 9.55 Å². The third-order valence-corrected chi connectivity index (χ3v) is 3.63. The van der Waals surface area contributed by atoms with E-state index in [0.717, 1.165) is 11.8 Å². The van der Waals surface area contributed by atoms with E-state index in [1.807, 2.05) is 19.9 Å². The van der Waals surface area contributed by atoms with Gasteiger partial charge >= 0.3 is 0 Å². The van der Waals surface area contributed by atoms with E-state index in [2.05, 4.69) is 4.98 Å². The van der Waals surface area contributed by atoms with Crippen molar-refractivity contribution in [1.82, 2.24) is 9.55 Å². The molecule has 0 radical (unpaired) electrons. The maximum Gasteiger partial charge on any atom is 0.184 e. The molecule has 0 saturated carbocycles. The second-order valence-corrected chi connectivity index (χ2v) is 5.07. The van der Waals surface area contributed by atoms with Crippen molar-refractivity contribution in [2.75, 3.05) is 0 Å². The number of nitrogens with zero attached hydrogens (tertiary/aromatic N) is 1. The zero-order valence-electron chi connectivity index (χ0n) is 10.9. The predicted octanol–water partition coefficient (Wildman–Crippen LogP) is 4.49. The molecule has 0 fully saturated rings. The van der Waals surface area contributed by atoms with Gasteiger partial charge in [-0.05, 0) is 50.3 Å². The Morgan fingerprint density at radius 1 is 1.25 bits per heavy atom. The third kappa shape index (κ3) is 1.87. The van der Waals surface area contributed by atoms with Gasteiger partial charge in [0, 0.05) is 0 Å². The molecule has 1 unspecified atom stereocenters. The molecule has 1 aromatic carbocycles. The smallest absolute Gasteiger partial charge is 0.184 e. The zero-order valence-corrected chi connectivity index (χ0v) is 11.7. The van der Waals surface area contributed by atoms with Crippen LogP contribution in [0, 0.1) is 23.3 Å². The molecular formula is C14H12F2N2OS. The first-order valence-electron chi connectivity index (χ1n) is 6.13. The maximum absolute atomic E-state index is 14.1. The van der Waals surface area contributed by atoms with E-state index in [4.69, 9.17) is 16.6 Å². The van der Waals surface area contributed by atoms with Gasteiger partial charge in [0.15, 0.2) is 16.4 Å². The molecule has 2 heterocycles. The van der Waals surface area contributed by atoms with Crippen molar-refractivity contribution in [3.8, 4) is 0 Å². The molecule has 3 rings (SSSR count). The number of H-pyrrole nitrogens is 1. The number of aromatic nitrogens is 2. The van der Waals surface area contributed by atoms with Crippen LogP contribution < -0.4 is 0 Å². The fourth-order valence-electron chi connectivity index (χ4n) is 2.33. The van der Waals surface area contributed by atoms with Crippen LogP contribution in [0.5, 0.6) is 0 Å². The Morgan fingerprint density at radius 3 is 2.65 bits per heavy atom. The minimum Gasteiger partial charge on any atom is -0.464 e. The summed E-state index contributed by atoms with van der Waals surface area (Å²) in [4.78, 5) is 2.88. The number of aromatic amines is 1. The molecule has 1 atom stereocenters. The van der Waals surface area contributed by atoms with Gasteiger partial charge in [-0.25, -0.2) is 8.78 Å². The molecule has 0 amide bonds. The van der Waals surface area contributed by atoms with Crippen molar-refractivity contribution in [3.05, 3.63) is 52.2 Å². The van der Waals surface area contributed by atoms with Gasteiger partial charge in [0.1, 0.15) is 17.0 Å². The summed E-state index contributed by atoms with van der Waals surface area (Å²) in [5, 5.41) is 0. The fraction of sp³-hybridized carbons (Fsp3) is 0.214. The zero-order chi connectivity index (χ0) is 14.4. The highest BCUT2D eigenvalue weighted by molar-refractivity contribution is 7.71. The molecule has 0 aliphatic carbocycles. The van der Waals surface area contributed by atoms with E-state index < -0.39 is 11.6 Å². The molecule has 0 aliphatic rings. The number of nitrogens with one attached hydrogen (secondary N) is 1. The van der Waals surface area contributed by atoms with Crippen molar-refractivity contribution < 1.29 is 13.2 Å². The first kappa shape index (κ1) is 13.1. The van der Waals surface area contributed by atoms with E-state index in [9.17, 15) is 8.78 Å². The van der Waals surface area contributed by atoms with Crippen LogP contribution in [0.1, 0.15) is 24.5 Å². The number of hydrogen-bond donors (Lipinski definition) is 1. The second-order valence-electron chi connectivity index (χ2n) is 4.68. The number of imidazole rings is 1. The molecule has 3 aromatic rings. The van der Waals surface area contributed by atoms with E-state index in [1.165, 1.54) is 10.6 Å². The van der Waals surface area contributed by atoms with Crippen molar-refractivity contribution in [3.63, 3.8) is 0 Å². The fourth-order valence-corrected chi connectivity index (χ4v) is 2.69. The molecule has 0 aliphatic heterocycles. The van der Waals surface area contributed by atoms with Gasteiger partial charge in [0.2, 0.25) is 0 Å². The number of rotatable bonds is 2. The Kier molecular flexibility index (Phi) is 2.97. The summed E-state index contributed by atoms with van der Waals surface area (Å²) in [5.74, 6) is -0.416. The lowest BCUT2D eigenvalue weighted by Gasteiger charge is -2.12. The van der Waals surface area contributed by atoms with E-state index >= 15 is 0 Å². The average Bonchev–Trinajstić information content (AvgIpc) is 2.97. The first-order chi connectivity index (χ1) is 9.49. The summed E-state index contributed by atoms with van der Waals surface area (Å²) in [7, 11) is 0. The van der Waals surface area contributed by atoms with Crippen LogP contribution in [0.25, 0.3) is 11.0 Å². The highest BCUT2D eigenvalue weighted by atomic mass is 32.1. The standard InChI is InChI=1S/C14H12F2N2OS/c1-7-3-6-11(19-7)8(2)18-13-10(17-14(18)20)5-4-9(15)12(13)16/h3-6,8H,1-2H3,(H,17,20). The van der Waals surface area contributed by atoms with Crippen LogP contribution in [-0.2, 0) is 0 Å². The van der Waals surface area contributed by atoms with E-state index in [1.54, 1.807) is 6.07 Å². The van der Waals surface area contributed by atoms with Gasteiger partial charge in [0.05, 0.1) is 11.6 Å². The number of fused-ring (bicyclic) bond motifs is 1. The number of halogens is 2. The van der Waals surface area contributed by atoms with Gasteiger partial charge in [-0.2, -0.15) is 0 Å². The molecular weight excluding hydrogens is 282 g/mol. The third-order valence-electron chi connectivity index (χ3n) is 3.33. The Hall–Kier alpha value is -1.95. The van der Waals surface area contributed by atoms with Crippen LogP contribution in [0.4, 0.5) is 8.78 Å². The summed E-state index contributed by atoms with van der Waals surface area (Å²) in [6.45, 7) is 3.65. The summed E-state index contributed by atoms with van der Waals surface area (Å²) in [6.07, 6.45) is 0. The Labute approximate surface area is 118 Å². The van der Waals surface area contributed by atoms with Crippen molar-refractivity contribution >= 4 is 23.3 Å². The number of hydrogen-bond acceptors (Lipinski definition) is 2. The lowest BCUT2D eigenvalue weighted by molar-refractivity contribution is 0.428. The quantitative estimate of drug-likeness (QED) is 0.707. The van der Waals surface area contributed by atoms with Crippen molar-refractivity contribution in [2.45, 2.75) is 19.9 Å². The van der Waals surface area contributed by atoms with Crippen LogP contribution in [0.15, 0.2) is 28.7 Å². The molecule has 20 heavy (non-hydrogen) atoms. The summed E-state index contributed by atoms with van der Waals surface area (Å²) in [5.41, 5.74) is 0.584. The molecule has 1 N–H and O–H groups in total. The maximum atomic E-state index is 14.1. The van der Waals surface area contributed by atoms with Gasteiger partial charge in [-0.3, -0.25) is 0 Å². The lowest BCUT2D eigenvalue weighted by Crippen LogP contribution is -2.07. The van der Waals surface area contributed by atoms with Gasteiger partial charge in [-0.15, -0.1) is 0 Å². The van der Waals surface area contributed by atoms with E-state index in [-0.39, 0.29) is 11.6 Å². The Balaban J connectivity index is 2.28. The molecule has 2 aromatic heterocycles. The van der Waals surface area contributed by atoms with Crippen LogP contribution >= 0.6 is 12.2 Å². The Bertz CT molecular complexity index is 847. The summed E-state index contributed by atoms with van der Waals surface area (Å²) >= 11 is 5.22. The SMILES string of the molecule is Cc1ccc(C(C)n2c(=S)[nH]c3ccc(F)c(F)c32)o1. The first-order valence-corrected chi connectivity index (χ1v) is 6.54. The van der Waals surface area contributed by atoms with Crippen molar-refractivity contribution in [2.24, 2.45) is 0 Å². The normalized spacial score (nSPS) is 13.0. The van der Waals surface area contributed by atoms with Crippen LogP contribution in [0.2, 0.25) is 0 Å². The van der Waals surface area contributed by atoms with Gasteiger partial charge in [0.25, 0.3) is 0 Å². The van der Waals surface area contributed by atoms with E-state index in [0.29, 0.717) is 16.0 Å². The van der Waals surface area contributed by atoms with Gasteiger partial charge in [-0.1, -0.05) is 0 Å². The molecule has 0 saturated heterocycles. The summed E-state index contributed by atoms with van der Waals surface area (Å²) < 4.78 is 34.9. The highest BCUT2D eigenvalue weighted by Gasteiger charge is 2.20. The van der Waals surface area contributed by atoms with Crippen molar-refractivity contribution in [1.29, 1.82) is 0 Å². The highest BCUT2D eigenvalue weighted by Crippen LogP contribution is 2.28. The number of benzene rings is 1. The van der Waals surface area contributed by atoms with Crippen LogP contribution in [0.3, 0.4) is 0 Å². The average molecular weight is 294 g/mol.